The molecule has 1 N–H and O–H groups in total. The van der Waals surface area contributed by atoms with Crippen molar-refractivity contribution in [3.63, 3.8) is 0 Å². The van der Waals surface area contributed by atoms with Gasteiger partial charge in [0.15, 0.2) is 0 Å². The van der Waals surface area contributed by atoms with Gasteiger partial charge in [0.05, 0.1) is 6.10 Å². The van der Waals surface area contributed by atoms with Gasteiger partial charge in [0.1, 0.15) is 0 Å². The molecular formula is C17H35NO. The van der Waals surface area contributed by atoms with Crippen LogP contribution < -0.4 is 5.32 Å². The average Bonchev–Trinajstić information content (AvgIpc) is 2.26. The van der Waals surface area contributed by atoms with E-state index in [2.05, 4.69) is 53.9 Å². The largest absolute Gasteiger partial charge is 0.376 e. The maximum Gasteiger partial charge on any atom is 0.0778 e. The molecule has 2 heteroatoms. The minimum Gasteiger partial charge on any atom is -0.376 e. The zero-order chi connectivity index (χ0) is 14.6. The van der Waals surface area contributed by atoms with Crippen LogP contribution in [0.4, 0.5) is 0 Å². The number of likely N-dealkylation sites (N-methyl/N-ethyl adjacent to an activating group) is 1. The topological polar surface area (TPSA) is 21.3 Å². The van der Waals surface area contributed by atoms with Crippen LogP contribution in [0.15, 0.2) is 0 Å². The quantitative estimate of drug-likeness (QED) is 0.811. The Kier molecular flexibility index (Phi) is 6.32. The van der Waals surface area contributed by atoms with Crippen molar-refractivity contribution in [2.24, 2.45) is 23.2 Å². The fraction of sp³-hybridized carbons (Fsp3) is 1.00. The van der Waals surface area contributed by atoms with Crippen LogP contribution in [-0.4, -0.2) is 25.8 Å². The van der Waals surface area contributed by atoms with Crippen molar-refractivity contribution in [3.8, 4) is 0 Å². The predicted octanol–water partition coefficient (Wildman–Crippen LogP) is 4.10. The third-order valence-electron chi connectivity index (χ3n) is 4.58. The van der Waals surface area contributed by atoms with E-state index >= 15 is 0 Å². The third-order valence-corrected chi connectivity index (χ3v) is 4.58. The molecule has 0 amide bonds. The summed E-state index contributed by atoms with van der Waals surface area (Å²) in [6.45, 7) is 14.6. The zero-order valence-electron chi connectivity index (χ0n) is 14.1. The lowest BCUT2D eigenvalue weighted by molar-refractivity contribution is -0.0553. The zero-order valence-corrected chi connectivity index (χ0v) is 14.1. The summed E-state index contributed by atoms with van der Waals surface area (Å²) in [5.41, 5.74) is 0.188. The van der Waals surface area contributed by atoms with Crippen molar-refractivity contribution in [2.75, 3.05) is 13.7 Å². The maximum absolute atomic E-state index is 6.12. The first kappa shape index (κ1) is 17.0. The Morgan fingerprint density at radius 2 is 1.63 bits per heavy atom. The second-order valence-corrected chi connectivity index (χ2v) is 7.73. The Labute approximate surface area is 120 Å². The highest BCUT2D eigenvalue weighted by atomic mass is 16.5. The smallest absolute Gasteiger partial charge is 0.0778 e. The molecule has 19 heavy (non-hydrogen) atoms. The molecule has 2 nitrogen and oxygen atoms in total. The molecule has 0 aromatic rings. The van der Waals surface area contributed by atoms with E-state index in [1.54, 1.807) is 0 Å². The summed E-state index contributed by atoms with van der Waals surface area (Å²) < 4.78 is 6.12. The van der Waals surface area contributed by atoms with E-state index in [0.29, 0.717) is 12.1 Å². The number of ether oxygens (including phenoxy) is 1. The summed E-state index contributed by atoms with van der Waals surface area (Å²) in [6, 6.07) is 0.477. The molecule has 4 unspecified atom stereocenters. The van der Waals surface area contributed by atoms with Crippen molar-refractivity contribution >= 4 is 0 Å². The summed E-state index contributed by atoms with van der Waals surface area (Å²) in [5, 5.41) is 3.58. The van der Waals surface area contributed by atoms with E-state index in [1.165, 1.54) is 19.3 Å². The monoisotopic (exact) mass is 269 g/mol. The van der Waals surface area contributed by atoms with Crippen molar-refractivity contribution in [2.45, 2.75) is 73.0 Å². The van der Waals surface area contributed by atoms with Gasteiger partial charge in [-0.3, -0.25) is 0 Å². The van der Waals surface area contributed by atoms with Crippen molar-refractivity contribution in [1.82, 2.24) is 5.32 Å². The lowest BCUT2D eigenvalue weighted by atomic mass is 9.69. The molecular weight excluding hydrogens is 234 g/mol. The molecule has 1 saturated carbocycles. The Morgan fingerprint density at radius 3 is 2.00 bits per heavy atom. The Hall–Kier alpha value is -0.0800. The summed E-state index contributed by atoms with van der Waals surface area (Å²) in [6.07, 6.45) is 4.37. The minimum absolute atomic E-state index is 0.188. The third kappa shape index (κ3) is 4.75. The minimum atomic E-state index is 0.188. The van der Waals surface area contributed by atoms with E-state index in [-0.39, 0.29) is 5.41 Å². The van der Waals surface area contributed by atoms with Gasteiger partial charge in [0.25, 0.3) is 0 Å². The molecule has 114 valence electrons. The van der Waals surface area contributed by atoms with Crippen molar-refractivity contribution in [1.29, 1.82) is 0 Å². The highest BCUT2D eigenvalue weighted by Gasteiger charge is 2.39. The van der Waals surface area contributed by atoms with Gasteiger partial charge in [-0.1, -0.05) is 34.6 Å². The maximum atomic E-state index is 6.12. The molecule has 1 aliphatic carbocycles. The Morgan fingerprint density at radius 1 is 1.11 bits per heavy atom. The SMILES string of the molecule is CCOC(C(NC)C1CC(C)CC(C)C1)C(C)(C)C. The van der Waals surface area contributed by atoms with Gasteiger partial charge >= 0.3 is 0 Å². The number of hydrogen-bond acceptors (Lipinski definition) is 2. The number of nitrogens with one attached hydrogen (secondary N) is 1. The van der Waals surface area contributed by atoms with E-state index < -0.39 is 0 Å². The Balaban J connectivity index is 2.83. The lowest BCUT2D eigenvalue weighted by Gasteiger charge is -2.44. The fourth-order valence-electron chi connectivity index (χ4n) is 4.01. The van der Waals surface area contributed by atoms with Crippen LogP contribution in [0.2, 0.25) is 0 Å². The van der Waals surface area contributed by atoms with Crippen LogP contribution in [0.1, 0.15) is 60.8 Å². The molecule has 0 bridgehead atoms. The van der Waals surface area contributed by atoms with E-state index in [1.807, 2.05) is 0 Å². The molecule has 1 aliphatic rings. The van der Waals surface area contributed by atoms with Crippen molar-refractivity contribution in [3.05, 3.63) is 0 Å². The standard InChI is InChI=1S/C17H35NO/c1-8-19-16(17(4,5)6)15(18-7)14-10-12(2)9-13(3)11-14/h12-16,18H,8-11H2,1-7H3. The first-order valence-corrected chi connectivity index (χ1v) is 8.08. The molecule has 0 radical (unpaired) electrons. The first-order valence-electron chi connectivity index (χ1n) is 8.08. The fourth-order valence-corrected chi connectivity index (χ4v) is 4.01. The van der Waals surface area contributed by atoms with E-state index in [0.717, 1.165) is 24.4 Å². The molecule has 4 atom stereocenters. The van der Waals surface area contributed by atoms with E-state index in [4.69, 9.17) is 4.74 Å². The second kappa shape index (κ2) is 7.08. The normalized spacial score (nSPS) is 32.1. The van der Waals surface area contributed by atoms with Crippen LogP contribution in [0.25, 0.3) is 0 Å². The van der Waals surface area contributed by atoms with Crippen LogP contribution in [0.5, 0.6) is 0 Å². The molecule has 0 spiro atoms. The number of rotatable bonds is 5. The van der Waals surface area contributed by atoms with Crippen LogP contribution in [0, 0.1) is 23.2 Å². The summed E-state index contributed by atoms with van der Waals surface area (Å²) in [4.78, 5) is 0. The van der Waals surface area contributed by atoms with E-state index in [9.17, 15) is 0 Å². The molecule has 0 aromatic heterocycles. The summed E-state index contributed by atoms with van der Waals surface area (Å²) in [5.74, 6) is 2.46. The van der Waals surface area contributed by atoms with Crippen molar-refractivity contribution < 1.29 is 4.74 Å². The van der Waals surface area contributed by atoms with Gasteiger partial charge in [-0.2, -0.15) is 0 Å². The molecule has 0 aliphatic heterocycles. The second-order valence-electron chi connectivity index (χ2n) is 7.73. The van der Waals surface area contributed by atoms with Gasteiger partial charge in [-0.05, 0) is 56.4 Å². The van der Waals surface area contributed by atoms with Gasteiger partial charge in [-0.25, -0.2) is 0 Å². The summed E-state index contributed by atoms with van der Waals surface area (Å²) in [7, 11) is 2.10. The van der Waals surface area contributed by atoms with Gasteiger partial charge in [-0.15, -0.1) is 0 Å². The van der Waals surface area contributed by atoms with Gasteiger partial charge in [0, 0.05) is 12.6 Å². The molecule has 1 rings (SSSR count). The average molecular weight is 269 g/mol. The summed E-state index contributed by atoms with van der Waals surface area (Å²) >= 11 is 0. The highest BCUT2D eigenvalue weighted by molar-refractivity contribution is 4.93. The molecule has 0 saturated heterocycles. The predicted molar refractivity (Wildman–Crippen MR) is 83.4 cm³/mol. The van der Waals surface area contributed by atoms with Gasteiger partial charge < -0.3 is 10.1 Å². The molecule has 0 aromatic carbocycles. The molecule has 0 heterocycles. The van der Waals surface area contributed by atoms with Gasteiger partial charge in [0.2, 0.25) is 0 Å². The highest BCUT2D eigenvalue weighted by Crippen LogP contribution is 2.38. The number of hydrogen-bond donors (Lipinski definition) is 1. The lowest BCUT2D eigenvalue weighted by Crippen LogP contribution is -2.52. The van der Waals surface area contributed by atoms with Crippen LogP contribution in [-0.2, 0) is 4.74 Å². The molecule has 1 fully saturated rings. The van der Waals surface area contributed by atoms with Crippen LogP contribution in [0.3, 0.4) is 0 Å². The van der Waals surface area contributed by atoms with Crippen LogP contribution >= 0.6 is 0 Å². The first-order chi connectivity index (χ1) is 8.79. The Bertz CT molecular complexity index is 248.